The molecule has 0 radical (unpaired) electrons. The summed E-state index contributed by atoms with van der Waals surface area (Å²) in [5.41, 5.74) is 0.750. The molecule has 0 saturated heterocycles. The standard InChI is InChI=1S/C11H13ClN2OS/c1-13-6-5-9-11(15)14-10-7(12)3-2-4-8(10)16-9/h2-4,9,13H,5-6H2,1H3,(H,14,15). The zero-order valence-electron chi connectivity index (χ0n) is 8.92. The number of nitrogens with one attached hydrogen (secondary N) is 2. The average molecular weight is 257 g/mol. The second kappa shape index (κ2) is 5.08. The summed E-state index contributed by atoms with van der Waals surface area (Å²) in [7, 11) is 1.89. The summed E-state index contributed by atoms with van der Waals surface area (Å²) in [6.07, 6.45) is 0.818. The maximum Gasteiger partial charge on any atom is 0.237 e. The lowest BCUT2D eigenvalue weighted by atomic mass is 10.2. The summed E-state index contributed by atoms with van der Waals surface area (Å²) in [5.74, 6) is 0.0425. The highest BCUT2D eigenvalue weighted by Gasteiger charge is 2.27. The fourth-order valence-electron chi connectivity index (χ4n) is 1.60. The minimum atomic E-state index is -0.0292. The average Bonchev–Trinajstić information content (AvgIpc) is 2.28. The molecule has 0 aromatic heterocycles. The predicted molar refractivity (Wildman–Crippen MR) is 68.3 cm³/mol. The van der Waals surface area contributed by atoms with E-state index >= 15 is 0 Å². The van der Waals surface area contributed by atoms with E-state index in [1.54, 1.807) is 17.8 Å². The molecule has 1 amide bonds. The van der Waals surface area contributed by atoms with Crippen molar-refractivity contribution in [1.82, 2.24) is 5.32 Å². The number of halogens is 1. The molecule has 0 spiro atoms. The summed E-state index contributed by atoms with van der Waals surface area (Å²) >= 11 is 7.60. The molecule has 3 nitrogen and oxygen atoms in total. The highest BCUT2D eigenvalue weighted by molar-refractivity contribution is 8.01. The number of amides is 1. The summed E-state index contributed by atoms with van der Waals surface area (Å²) < 4.78 is 0. The predicted octanol–water partition coefficient (Wildman–Crippen LogP) is 2.36. The van der Waals surface area contributed by atoms with Gasteiger partial charge in [-0.05, 0) is 32.1 Å². The quantitative estimate of drug-likeness (QED) is 0.872. The van der Waals surface area contributed by atoms with Crippen LogP contribution in [0.1, 0.15) is 6.42 Å². The van der Waals surface area contributed by atoms with Crippen LogP contribution in [0, 0.1) is 0 Å². The maximum absolute atomic E-state index is 11.8. The Kier molecular flexibility index (Phi) is 3.74. The fraction of sp³-hybridized carbons (Fsp3) is 0.364. The largest absolute Gasteiger partial charge is 0.323 e. The van der Waals surface area contributed by atoms with Crippen molar-refractivity contribution in [2.45, 2.75) is 16.6 Å². The third-order valence-electron chi connectivity index (χ3n) is 2.44. The van der Waals surface area contributed by atoms with Crippen LogP contribution in [-0.4, -0.2) is 24.7 Å². The number of hydrogen-bond acceptors (Lipinski definition) is 3. The van der Waals surface area contributed by atoms with Gasteiger partial charge in [0.2, 0.25) is 5.91 Å². The van der Waals surface area contributed by atoms with Crippen molar-refractivity contribution >= 4 is 35.0 Å². The van der Waals surface area contributed by atoms with Crippen molar-refractivity contribution < 1.29 is 4.79 Å². The van der Waals surface area contributed by atoms with Crippen LogP contribution < -0.4 is 10.6 Å². The lowest BCUT2D eigenvalue weighted by Crippen LogP contribution is -2.31. The summed E-state index contributed by atoms with van der Waals surface area (Å²) in [5, 5.41) is 6.49. The molecule has 0 fully saturated rings. The number of benzene rings is 1. The topological polar surface area (TPSA) is 41.1 Å². The van der Waals surface area contributed by atoms with Gasteiger partial charge in [0.25, 0.3) is 0 Å². The van der Waals surface area contributed by atoms with Gasteiger partial charge in [0.05, 0.1) is 16.0 Å². The molecule has 16 heavy (non-hydrogen) atoms. The molecule has 0 aliphatic carbocycles. The Bertz CT molecular complexity index is 411. The number of thioether (sulfide) groups is 1. The van der Waals surface area contributed by atoms with Crippen LogP contribution in [0.25, 0.3) is 0 Å². The first-order valence-corrected chi connectivity index (χ1v) is 6.39. The molecule has 1 aromatic carbocycles. The van der Waals surface area contributed by atoms with Gasteiger partial charge in [-0.1, -0.05) is 17.7 Å². The molecule has 1 aromatic rings. The first-order valence-electron chi connectivity index (χ1n) is 5.13. The molecular formula is C11H13ClN2OS. The van der Waals surface area contributed by atoms with E-state index < -0.39 is 0 Å². The van der Waals surface area contributed by atoms with Gasteiger partial charge in [-0.25, -0.2) is 0 Å². The highest BCUT2D eigenvalue weighted by Crippen LogP contribution is 2.40. The highest BCUT2D eigenvalue weighted by atomic mass is 35.5. The molecule has 1 unspecified atom stereocenters. The molecule has 1 heterocycles. The Hall–Kier alpha value is -0.710. The van der Waals surface area contributed by atoms with Crippen LogP contribution in [0.4, 0.5) is 5.69 Å². The molecule has 1 atom stereocenters. The van der Waals surface area contributed by atoms with E-state index in [-0.39, 0.29) is 11.2 Å². The van der Waals surface area contributed by atoms with Crippen LogP contribution in [0.15, 0.2) is 23.1 Å². The number of hydrogen-bond donors (Lipinski definition) is 2. The van der Waals surface area contributed by atoms with Crippen molar-refractivity contribution in [3.63, 3.8) is 0 Å². The molecule has 0 bridgehead atoms. The number of carbonyl (C=O) groups is 1. The molecule has 2 N–H and O–H groups in total. The van der Waals surface area contributed by atoms with E-state index in [9.17, 15) is 4.79 Å². The molecule has 1 aliphatic heterocycles. The number of anilines is 1. The smallest absolute Gasteiger partial charge is 0.237 e. The van der Waals surface area contributed by atoms with Gasteiger partial charge >= 0.3 is 0 Å². The second-order valence-electron chi connectivity index (χ2n) is 3.60. The first-order chi connectivity index (χ1) is 7.72. The van der Waals surface area contributed by atoms with Crippen molar-refractivity contribution in [2.24, 2.45) is 0 Å². The van der Waals surface area contributed by atoms with Crippen molar-refractivity contribution in [3.8, 4) is 0 Å². The molecule has 86 valence electrons. The number of rotatable bonds is 3. The number of para-hydroxylation sites is 1. The maximum atomic E-state index is 11.8. The van der Waals surface area contributed by atoms with E-state index in [1.807, 2.05) is 19.2 Å². The van der Waals surface area contributed by atoms with Crippen LogP contribution in [0.5, 0.6) is 0 Å². The van der Waals surface area contributed by atoms with Gasteiger partial charge in [0.15, 0.2) is 0 Å². The Morgan fingerprint density at radius 1 is 1.56 bits per heavy atom. The van der Waals surface area contributed by atoms with Crippen LogP contribution in [0.2, 0.25) is 5.02 Å². The van der Waals surface area contributed by atoms with E-state index in [2.05, 4.69) is 10.6 Å². The summed E-state index contributed by atoms with van der Waals surface area (Å²) in [6, 6.07) is 5.67. The minimum absolute atomic E-state index is 0.0292. The minimum Gasteiger partial charge on any atom is -0.323 e. The van der Waals surface area contributed by atoms with Gasteiger partial charge in [-0.3, -0.25) is 4.79 Å². The van der Waals surface area contributed by atoms with Crippen LogP contribution in [0.3, 0.4) is 0 Å². The third-order valence-corrected chi connectivity index (χ3v) is 4.09. The van der Waals surface area contributed by atoms with E-state index in [4.69, 9.17) is 11.6 Å². The normalized spacial score (nSPS) is 19.1. The van der Waals surface area contributed by atoms with Crippen molar-refractivity contribution in [3.05, 3.63) is 23.2 Å². The van der Waals surface area contributed by atoms with Gasteiger partial charge in [0.1, 0.15) is 0 Å². The van der Waals surface area contributed by atoms with Crippen LogP contribution in [-0.2, 0) is 4.79 Å². The lowest BCUT2D eigenvalue weighted by molar-refractivity contribution is -0.115. The van der Waals surface area contributed by atoms with Gasteiger partial charge < -0.3 is 10.6 Å². The van der Waals surface area contributed by atoms with E-state index in [0.29, 0.717) is 5.02 Å². The molecule has 1 aliphatic rings. The van der Waals surface area contributed by atoms with Crippen molar-refractivity contribution in [1.29, 1.82) is 0 Å². The zero-order chi connectivity index (χ0) is 11.5. The van der Waals surface area contributed by atoms with E-state index in [1.165, 1.54) is 0 Å². The Balaban J connectivity index is 2.19. The van der Waals surface area contributed by atoms with Crippen molar-refractivity contribution in [2.75, 3.05) is 18.9 Å². The number of fused-ring (bicyclic) bond motifs is 1. The van der Waals surface area contributed by atoms with E-state index in [0.717, 1.165) is 23.5 Å². The molecule has 0 saturated carbocycles. The van der Waals surface area contributed by atoms with Gasteiger partial charge in [0, 0.05) is 4.90 Å². The zero-order valence-corrected chi connectivity index (χ0v) is 10.5. The molecular weight excluding hydrogens is 244 g/mol. The fourth-order valence-corrected chi connectivity index (χ4v) is 3.02. The summed E-state index contributed by atoms with van der Waals surface area (Å²) in [4.78, 5) is 12.8. The number of carbonyl (C=O) groups excluding carboxylic acids is 1. The second-order valence-corrected chi connectivity index (χ2v) is 5.25. The first kappa shape index (κ1) is 11.8. The monoisotopic (exact) mass is 256 g/mol. The SMILES string of the molecule is CNCCC1Sc2cccc(Cl)c2NC1=O. The molecule has 2 rings (SSSR count). The Morgan fingerprint density at radius 2 is 2.38 bits per heavy atom. The lowest BCUT2D eigenvalue weighted by Gasteiger charge is -2.24. The van der Waals surface area contributed by atoms with Gasteiger partial charge in [-0.2, -0.15) is 0 Å². The van der Waals surface area contributed by atoms with Gasteiger partial charge in [-0.15, -0.1) is 11.8 Å². The third kappa shape index (κ3) is 2.34. The van der Waals surface area contributed by atoms with Crippen LogP contribution >= 0.6 is 23.4 Å². The Labute approximate surface area is 104 Å². The Morgan fingerprint density at radius 3 is 3.12 bits per heavy atom. The molecule has 5 heteroatoms. The summed E-state index contributed by atoms with van der Waals surface area (Å²) in [6.45, 7) is 0.834.